The van der Waals surface area contributed by atoms with Crippen LogP contribution in [0.5, 0.6) is 0 Å². The van der Waals surface area contributed by atoms with Gasteiger partial charge in [0.15, 0.2) is 0 Å². The van der Waals surface area contributed by atoms with E-state index in [1.54, 1.807) is 11.8 Å². The minimum absolute atomic E-state index is 0.0238. The number of hydrogen-bond acceptors (Lipinski definition) is 6. The number of hydrogen-bond donors (Lipinski definition) is 2. The van der Waals surface area contributed by atoms with E-state index in [1.807, 2.05) is 30.3 Å². The fourth-order valence-corrected chi connectivity index (χ4v) is 5.06. The third kappa shape index (κ3) is 5.42. The Morgan fingerprint density at radius 1 is 1.14 bits per heavy atom. The van der Waals surface area contributed by atoms with Gasteiger partial charge in [-0.05, 0) is 43.6 Å². The number of β-amino-alcohol motifs (C(OH)–C–C–N with tert-alkyl or cyclic N) is 1. The van der Waals surface area contributed by atoms with Gasteiger partial charge in [0, 0.05) is 26.1 Å². The first kappa shape index (κ1) is 25.0. The summed E-state index contributed by atoms with van der Waals surface area (Å²) in [6, 6.07) is 7.35. The minimum atomic E-state index is -0.996. The Balaban J connectivity index is 1.30. The van der Waals surface area contributed by atoms with Crippen molar-refractivity contribution in [3.63, 3.8) is 0 Å². The van der Waals surface area contributed by atoms with Crippen LogP contribution in [0, 0.1) is 5.41 Å². The molecule has 3 atom stereocenters. The summed E-state index contributed by atoms with van der Waals surface area (Å²) in [5.41, 5.74) is 6.41. The lowest BCUT2D eigenvalue weighted by Crippen LogP contribution is -2.65. The van der Waals surface area contributed by atoms with Crippen LogP contribution in [-0.2, 0) is 25.7 Å². The van der Waals surface area contributed by atoms with Gasteiger partial charge in [0.1, 0.15) is 18.7 Å². The molecule has 4 rings (SSSR count). The van der Waals surface area contributed by atoms with Crippen molar-refractivity contribution < 1.29 is 29.0 Å². The van der Waals surface area contributed by atoms with Gasteiger partial charge in [0.2, 0.25) is 17.7 Å². The van der Waals surface area contributed by atoms with Gasteiger partial charge in [0.25, 0.3) is 0 Å². The highest BCUT2D eigenvalue weighted by molar-refractivity contribution is 5.93. The van der Waals surface area contributed by atoms with Gasteiger partial charge >= 0.3 is 6.09 Å². The van der Waals surface area contributed by atoms with E-state index in [-0.39, 0.29) is 37.4 Å². The van der Waals surface area contributed by atoms with Crippen molar-refractivity contribution in [1.82, 2.24) is 14.7 Å². The summed E-state index contributed by atoms with van der Waals surface area (Å²) < 4.78 is 5.35. The standard InChI is InChI=1S/C25H34N4O6/c1-17-23(33)28(12-5-8-21(31)27-13-11-25(9-10-25)20(30)15-27)19(22(26)32)14-29(17)24(34)35-16-18-6-3-2-4-7-18/h2-4,6-7,17,19-20,30H,5,8-16H2,1H3,(H2,26,32)/t17-,19-,20?/m0/s1. The number of nitrogens with two attached hydrogens (primary N) is 1. The molecule has 10 nitrogen and oxygen atoms in total. The lowest BCUT2D eigenvalue weighted by molar-refractivity contribution is -0.149. The molecular weight excluding hydrogens is 452 g/mol. The number of rotatable bonds is 7. The molecule has 3 N–H and O–H groups in total. The van der Waals surface area contributed by atoms with E-state index in [4.69, 9.17) is 10.5 Å². The van der Waals surface area contributed by atoms with Crippen molar-refractivity contribution in [3.8, 4) is 0 Å². The molecule has 0 aromatic heterocycles. The maximum absolute atomic E-state index is 13.1. The first-order valence-corrected chi connectivity index (χ1v) is 12.2. The van der Waals surface area contributed by atoms with Crippen molar-refractivity contribution in [2.45, 2.75) is 63.8 Å². The molecule has 35 heavy (non-hydrogen) atoms. The molecule has 190 valence electrons. The molecule has 1 spiro atoms. The molecule has 1 aromatic carbocycles. The van der Waals surface area contributed by atoms with E-state index in [1.165, 1.54) is 9.80 Å². The smallest absolute Gasteiger partial charge is 0.410 e. The van der Waals surface area contributed by atoms with E-state index in [9.17, 15) is 24.3 Å². The van der Waals surface area contributed by atoms with Crippen LogP contribution in [0.1, 0.15) is 44.6 Å². The predicted molar refractivity (Wildman–Crippen MR) is 126 cm³/mol. The summed E-state index contributed by atoms with van der Waals surface area (Å²) in [5.74, 6) is -1.20. The first-order chi connectivity index (χ1) is 16.7. The van der Waals surface area contributed by atoms with Gasteiger partial charge in [-0.15, -0.1) is 0 Å². The Morgan fingerprint density at radius 3 is 2.49 bits per heavy atom. The fraction of sp³-hybridized carbons (Fsp3) is 0.600. The van der Waals surface area contributed by atoms with E-state index in [2.05, 4.69) is 0 Å². The summed E-state index contributed by atoms with van der Waals surface area (Å²) in [6.07, 6.45) is 2.27. The highest BCUT2D eigenvalue weighted by Crippen LogP contribution is 2.53. The lowest BCUT2D eigenvalue weighted by Gasteiger charge is -2.42. The number of aliphatic hydroxyl groups is 1. The van der Waals surface area contributed by atoms with Crippen LogP contribution in [-0.4, -0.2) is 88.0 Å². The average Bonchev–Trinajstić information content (AvgIpc) is 3.63. The van der Waals surface area contributed by atoms with Gasteiger partial charge in [-0.3, -0.25) is 19.3 Å². The van der Waals surface area contributed by atoms with E-state index >= 15 is 0 Å². The number of carbonyl (C=O) groups excluding carboxylic acids is 4. The molecule has 1 aliphatic carbocycles. The molecule has 3 aliphatic rings. The maximum atomic E-state index is 13.1. The molecule has 3 fully saturated rings. The average molecular weight is 487 g/mol. The Hall–Kier alpha value is -3.14. The second-order valence-corrected chi connectivity index (χ2v) is 9.89. The first-order valence-electron chi connectivity index (χ1n) is 12.2. The van der Waals surface area contributed by atoms with Gasteiger partial charge in [0.05, 0.1) is 12.6 Å². The van der Waals surface area contributed by atoms with Crippen LogP contribution in [0.2, 0.25) is 0 Å². The highest BCUT2D eigenvalue weighted by Gasteiger charge is 2.51. The van der Waals surface area contributed by atoms with Crippen molar-refractivity contribution in [2.75, 3.05) is 26.2 Å². The molecule has 2 aliphatic heterocycles. The van der Waals surface area contributed by atoms with Crippen LogP contribution < -0.4 is 5.73 Å². The van der Waals surface area contributed by atoms with Gasteiger partial charge < -0.3 is 25.4 Å². The predicted octanol–water partition coefficient (Wildman–Crippen LogP) is 0.863. The van der Waals surface area contributed by atoms with E-state index in [0.29, 0.717) is 19.5 Å². The number of amides is 4. The normalized spacial score (nSPS) is 25.5. The van der Waals surface area contributed by atoms with Crippen molar-refractivity contribution >= 4 is 23.8 Å². The number of piperidine rings is 1. The van der Waals surface area contributed by atoms with Crippen molar-refractivity contribution in [1.29, 1.82) is 0 Å². The van der Waals surface area contributed by atoms with E-state index < -0.39 is 36.1 Å². The summed E-state index contributed by atoms with van der Waals surface area (Å²) in [5, 5.41) is 10.3. The molecule has 1 aromatic rings. The molecule has 0 bridgehead atoms. The monoisotopic (exact) mass is 486 g/mol. The van der Waals surface area contributed by atoms with Crippen LogP contribution in [0.4, 0.5) is 4.79 Å². The molecule has 0 radical (unpaired) electrons. The molecule has 10 heteroatoms. The topological polar surface area (TPSA) is 133 Å². The zero-order valence-corrected chi connectivity index (χ0v) is 20.1. The van der Waals surface area contributed by atoms with Gasteiger partial charge in [-0.2, -0.15) is 0 Å². The molecule has 2 heterocycles. The number of piperazine rings is 1. The second kappa shape index (κ2) is 10.2. The molecule has 4 amide bonds. The number of nitrogens with zero attached hydrogens (tertiary/aromatic N) is 3. The second-order valence-electron chi connectivity index (χ2n) is 9.89. The Labute approximate surface area is 205 Å². The number of likely N-dealkylation sites (tertiary alicyclic amines) is 1. The largest absolute Gasteiger partial charge is 0.445 e. The fourth-order valence-electron chi connectivity index (χ4n) is 5.06. The Morgan fingerprint density at radius 2 is 1.86 bits per heavy atom. The van der Waals surface area contributed by atoms with Crippen LogP contribution in [0.15, 0.2) is 30.3 Å². The zero-order valence-electron chi connectivity index (χ0n) is 20.1. The highest BCUT2D eigenvalue weighted by atomic mass is 16.6. The zero-order chi connectivity index (χ0) is 25.2. The minimum Gasteiger partial charge on any atom is -0.445 e. The summed E-state index contributed by atoms with van der Waals surface area (Å²) in [4.78, 5) is 54.8. The molecular formula is C25H34N4O6. The van der Waals surface area contributed by atoms with Crippen molar-refractivity contribution in [3.05, 3.63) is 35.9 Å². The molecule has 1 unspecified atom stereocenters. The quantitative estimate of drug-likeness (QED) is 0.587. The van der Waals surface area contributed by atoms with Crippen molar-refractivity contribution in [2.24, 2.45) is 11.1 Å². The lowest BCUT2D eigenvalue weighted by atomic mass is 9.90. The van der Waals surface area contributed by atoms with Crippen LogP contribution in [0.3, 0.4) is 0 Å². The SMILES string of the molecule is C[C@H]1C(=O)N(CCCC(=O)N2CCC3(CC3)C(O)C2)[C@H](C(N)=O)CN1C(=O)OCc1ccccc1. The number of benzene rings is 1. The molecule has 2 saturated heterocycles. The Bertz CT molecular complexity index is 966. The Kier molecular flexibility index (Phi) is 7.30. The molecule has 1 saturated carbocycles. The number of carbonyl (C=O) groups is 4. The maximum Gasteiger partial charge on any atom is 0.410 e. The van der Waals surface area contributed by atoms with Crippen LogP contribution >= 0.6 is 0 Å². The summed E-state index contributed by atoms with van der Waals surface area (Å²) in [7, 11) is 0. The number of primary amides is 1. The summed E-state index contributed by atoms with van der Waals surface area (Å²) in [6.45, 7) is 2.74. The van der Waals surface area contributed by atoms with E-state index in [0.717, 1.165) is 24.8 Å². The van der Waals surface area contributed by atoms with Gasteiger partial charge in [-0.25, -0.2) is 4.79 Å². The van der Waals surface area contributed by atoms with Crippen LogP contribution in [0.25, 0.3) is 0 Å². The third-order valence-corrected chi connectivity index (χ3v) is 7.64. The number of aliphatic hydroxyl groups excluding tert-OH is 1. The summed E-state index contributed by atoms with van der Waals surface area (Å²) >= 11 is 0. The number of ether oxygens (including phenoxy) is 1. The third-order valence-electron chi connectivity index (χ3n) is 7.64. The van der Waals surface area contributed by atoms with Gasteiger partial charge in [-0.1, -0.05) is 30.3 Å².